The molecule has 1 aromatic carbocycles. The maximum Gasteiger partial charge on any atom is 0.423 e. The molecule has 0 N–H and O–H groups in total. The van der Waals surface area contributed by atoms with Crippen molar-refractivity contribution in [2.75, 3.05) is 13.2 Å². The van der Waals surface area contributed by atoms with Crippen LogP contribution in [0.3, 0.4) is 0 Å². The minimum Gasteiger partial charge on any atom is -0.462 e. The standard InChI is InChI=1S/C18H27O4Si/c1-4-20-23(21-5-2)16-10-11-17-14(12-16)13-19-18(3,22-17)15-8-6-7-9-15/h10-12,15H,4-9,13H2,1-3H3. The predicted molar refractivity (Wildman–Crippen MR) is 90.9 cm³/mol. The number of ether oxygens (including phenoxy) is 2. The lowest BCUT2D eigenvalue weighted by atomic mass is 9.97. The summed E-state index contributed by atoms with van der Waals surface area (Å²) in [6.07, 6.45) is 4.97. The van der Waals surface area contributed by atoms with E-state index in [-0.39, 0.29) is 0 Å². The summed E-state index contributed by atoms with van der Waals surface area (Å²) in [5.41, 5.74) is 1.10. The predicted octanol–water partition coefficient (Wildman–Crippen LogP) is 3.27. The van der Waals surface area contributed by atoms with Crippen molar-refractivity contribution >= 4 is 14.5 Å². The molecule has 1 aliphatic heterocycles. The zero-order valence-corrected chi connectivity index (χ0v) is 15.4. The first kappa shape index (κ1) is 17.0. The second kappa shape index (κ2) is 7.34. The third-order valence-electron chi connectivity index (χ3n) is 4.77. The van der Waals surface area contributed by atoms with Crippen molar-refractivity contribution < 1.29 is 18.3 Å². The van der Waals surface area contributed by atoms with Gasteiger partial charge in [-0.3, -0.25) is 0 Å². The Labute approximate surface area is 140 Å². The van der Waals surface area contributed by atoms with Crippen LogP contribution in [0, 0.1) is 5.92 Å². The summed E-state index contributed by atoms with van der Waals surface area (Å²) in [6, 6.07) is 6.27. The summed E-state index contributed by atoms with van der Waals surface area (Å²) in [5, 5.41) is 1.12. The van der Waals surface area contributed by atoms with E-state index in [1.165, 1.54) is 25.7 Å². The molecule has 0 spiro atoms. The molecule has 2 aliphatic rings. The van der Waals surface area contributed by atoms with Crippen molar-refractivity contribution in [2.24, 2.45) is 5.92 Å². The van der Waals surface area contributed by atoms with Crippen molar-refractivity contribution in [3.63, 3.8) is 0 Å². The van der Waals surface area contributed by atoms with Crippen molar-refractivity contribution in [1.29, 1.82) is 0 Å². The maximum absolute atomic E-state index is 6.27. The Morgan fingerprint density at radius 1 is 1.17 bits per heavy atom. The fraction of sp³-hybridized carbons (Fsp3) is 0.667. The molecule has 0 amide bonds. The van der Waals surface area contributed by atoms with Crippen LogP contribution in [0.5, 0.6) is 5.75 Å². The Kier molecular flexibility index (Phi) is 5.41. The van der Waals surface area contributed by atoms with Gasteiger partial charge >= 0.3 is 9.28 Å². The Morgan fingerprint density at radius 2 is 1.87 bits per heavy atom. The van der Waals surface area contributed by atoms with E-state index in [1.54, 1.807) is 0 Å². The lowest BCUT2D eigenvalue weighted by Crippen LogP contribution is -2.45. The van der Waals surface area contributed by atoms with E-state index in [0.717, 1.165) is 16.5 Å². The van der Waals surface area contributed by atoms with E-state index in [2.05, 4.69) is 25.1 Å². The molecule has 1 radical (unpaired) electrons. The van der Waals surface area contributed by atoms with E-state index in [1.807, 2.05) is 13.8 Å². The highest BCUT2D eigenvalue weighted by Gasteiger charge is 2.42. The van der Waals surface area contributed by atoms with Crippen LogP contribution < -0.4 is 9.92 Å². The van der Waals surface area contributed by atoms with Crippen LogP contribution in [-0.4, -0.2) is 28.3 Å². The molecule has 1 atom stereocenters. The average Bonchev–Trinajstić information content (AvgIpc) is 3.09. The quantitative estimate of drug-likeness (QED) is 0.748. The van der Waals surface area contributed by atoms with E-state index in [9.17, 15) is 0 Å². The number of hydrogen-bond donors (Lipinski definition) is 0. The highest BCUT2D eigenvalue weighted by molar-refractivity contribution is 6.61. The van der Waals surface area contributed by atoms with Crippen LogP contribution in [0.25, 0.3) is 0 Å². The minimum absolute atomic E-state index is 0.474. The molecule has 5 heteroatoms. The zero-order valence-electron chi connectivity index (χ0n) is 14.4. The third kappa shape index (κ3) is 3.63. The molecule has 0 bridgehead atoms. The van der Waals surface area contributed by atoms with Crippen LogP contribution in [-0.2, 0) is 20.2 Å². The molecule has 127 valence electrons. The Morgan fingerprint density at radius 3 is 2.52 bits per heavy atom. The smallest absolute Gasteiger partial charge is 0.423 e. The van der Waals surface area contributed by atoms with Gasteiger partial charge in [0.2, 0.25) is 5.79 Å². The van der Waals surface area contributed by atoms with Crippen LogP contribution in [0.2, 0.25) is 0 Å². The lowest BCUT2D eigenvalue weighted by molar-refractivity contribution is -0.224. The van der Waals surface area contributed by atoms with Crippen LogP contribution in [0.4, 0.5) is 0 Å². The fourth-order valence-electron chi connectivity index (χ4n) is 3.51. The largest absolute Gasteiger partial charge is 0.462 e. The Bertz CT molecular complexity index is 524. The van der Waals surface area contributed by atoms with Crippen molar-refractivity contribution in [3.8, 4) is 5.75 Å². The fourth-order valence-corrected chi connectivity index (χ4v) is 4.96. The van der Waals surface area contributed by atoms with Gasteiger partial charge in [0.1, 0.15) is 5.75 Å². The van der Waals surface area contributed by atoms with Gasteiger partial charge in [0.05, 0.1) is 6.61 Å². The van der Waals surface area contributed by atoms with Crippen LogP contribution >= 0.6 is 0 Å². The van der Waals surface area contributed by atoms with Crippen LogP contribution in [0.15, 0.2) is 18.2 Å². The summed E-state index contributed by atoms with van der Waals surface area (Å²) in [6.45, 7) is 8.03. The molecule has 4 nitrogen and oxygen atoms in total. The molecule has 23 heavy (non-hydrogen) atoms. The minimum atomic E-state index is -1.41. The number of hydrogen-bond acceptors (Lipinski definition) is 4. The molecule has 0 saturated heterocycles. The van der Waals surface area contributed by atoms with Gasteiger partial charge in [0.25, 0.3) is 0 Å². The van der Waals surface area contributed by atoms with E-state index in [4.69, 9.17) is 18.3 Å². The highest BCUT2D eigenvalue weighted by Crippen LogP contribution is 2.41. The maximum atomic E-state index is 6.27. The van der Waals surface area contributed by atoms with Gasteiger partial charge in [-0.05, 0) is 44.0 Å². The average molecular weight is 335 g/mol. The van der Waals surface area contributed by atoms with Gasteiger partial charge in [-0.25, -0.2) is 0 Å². The Balaban J connectivity index is 1.77. The zero-order chi connectivity index (χ0) is 16.3. The van der Waals surface area contributed by atoms with E-state index < -0.39 is 15.1 Å². The summed E-state index contributed by atoms with van der Waals surface area (Å²) in [5.74, 6) is 0.976. The van der Waals surface area contributed by atoms with Crippen molar-refractivity contribution in [2.45, 2.75) is 58.8 Å². The molecule has 1 unspecified atom stereocenters. The molecular weight excluding hydrogens is 308 g/mol. The summed E-state index contributed by atoms with van der Waals surface area (Å²) in [4.78, 5) is 0. The van der Waals surface area contributed by atoms with Crippen LogP contribution in [0.1, 0.15) is 52.0 Å². The SMILES string of the molecule is CCO[Si](OCC)c1ccc2c(c1)COC(C)(C1CCCC1)O2. The van der Waals surface area contributed by atoms with Gasteiger partial charge in [-0.15, -0.1) is 0 Å². The molecule has 1 fully saturated rings. The van der Waals surface area contributed by atoms with Gasteiger partial charge < -0.3 is 18.3 Å². The normalized spacial score (nSPS) is 24.7. The first-order valence-electron chi connectivity index (χ1n) is 8.75. The second-order valence-electron chi connectivity index (χ2n) is 6.36. The molecular formula is C18H27O4Si. The number of benzene rings is 1. The highest BCUT2D eigenvalue weighted by atomic mass is 28.3. The molecule has 1 aromatic rings. The van der Waals surface area contributed by atoms with Gasteiger partial charge in [0.15, 0.2) is 0 Å². The summed E-state index contributed by atoms with van der Waals surface area (Å²) in [7, 11) is -1.41. The monoisotopic (exact) mass is 335 g/mol. The third-order valence-corrected chi connectivity index (χ3v) is 6.65. The van der Waals surface area contributed by atoms with Gasteiger partial charge in [-0.1, -0.05) is 18.9 Å². The molecule has 1 heterocycles. The molecule has 1 aliphatic carbocycles. The second-order valence-corrected chi connectivity index (χ2v) is 8.09. The topological polar surface area (TPSA) is 36.9 Å². The number of fused-ring (bicyclic) bond motifs is 1. The van der Waals surface area contributed by atoms with E-state index >= 15 is 0 Å². The van der Waals surface area contributed by atoms with Gasteiger partial charge in [0, 0.05) is 31.6 Å². The molecule has 1 saturated carbocycles. The number of rotatable bonds is 6. The van der Waals surface area contributed by atoms with Gasteiger partial charge in [-0.2, -0.15) is 0 Å². The van der Waals surface area contributed by atoms with Crippen molar-refractivity contribution in [3.05, 3.63) is 23.8 Å². The summed E-state index contributed by atoms with van der Waals surface area (Å²) >= 11 is 0. The molecule has 3 rings (SSSR count). The summed E-state index contributed by atoms with van der Waals surface area (Å²) < 4.78 is 24.0. The van der Waals surface area contributed by atoms with E-state index in [0.29, 0.717) is 25.7 Å². The molecule has 0 aromatic heterocycles. The first-order valence-corrected chi connectivity index (χ1v) is 10.1. The lowest BCUT2D eigenvalue weighted by Gasteiger charge is -2.40. The Hall–Kier alpha value is -0.883. The first-order chi connectivity index (χ1) is 11.2. The van der Waals surface area contributed by atoms with Crippen molar-refractivity contribution in [1.82, 2.24) is 0 Å².